The quantitative estimate of drug-likeness (QED) is 0.580. The number of ether oxygens (including phenoxy) is 1. The molecule has 5 nitrogen and oxygen atoms in total. The van der Waals surface area contributed by atoms with E-state index in [4.69, 9.17) is 4.74 Å². The van der Waals surface area contributed by atoms with Gasteiger partial charge < -0.3 is 4.74 Å². The Hall–Kier alpha value is -1.40. The number of hydrogen-bond donors (Lipinski definition) is 0. The smallest absolute Gasteiger partial charge is 0.214 e. The second kappa shape index (κ2) is 7.40. The largest absolute Gasteiger partial charge is 0.381 e. The molecule has 0 aliphatic rings. The highest BCUT2D eigenvalue weighted by atomic mass is 32.2. The van der Waals surface area contributed by atoms with E-state index >= 15 is 0 Å². The first-order valence-electron chi connectivity index (χ1n) is 6.81. The number of benzene rings is 1. The summed E-state index contributed by atoms with van der Waals surface area (Å²) in [5, 5.41) is 12.7. The van der Waals surface area contributed by atoms with Gasteiger partial charge in [-0.2, -0.15) is 4.68 Å². The van der Waals surface area contributed by atoms with Gasteiger partial charge in [-0.1, -0.05) is 37.7 Å². The summed E-state index contributed by atoms with van der Waals surface area (Å²) in [6.45, 7) is 7.80. The fourth-order valence-corrected chi connectivity index (χ4v) is 2.51. The Bertz CT molecular complexity index is 524. The first-order valence-corrected chi connectivity index (χ1v) is 7.80. The summed E-state index contributed by atoms with van der Waals surface area (Å²) >= 11 is 1.60. The van der Waals surface area contributed by atoms with E-state index in [0.29, 0.717) is 12.5 Å². The summed E-state index contributed by atoms with van der Waals surface area (Å²) in [4.78, 5) is 0. The zero-order valence-electron chi connectivity index (χ0n) is 12.1. The van der Waals surface area contributed by atoms with Crippen molar-refractivity contribution in [3.05, 3.63) is 29.8 Å². The van der Waals surface area contributed by atoms with Crippen molar-refractivity contribution < 1.29 is 4.74 Å². The van der Waals surface area contributed by atoms with Crippen LogP contribution in [0.3, 0.4) is 0 Å². The first-order chi connectivity index (χ1) is 9.72. The van der Waals surface area contributed by atoms with Crippen molar-refractivity contribution in [3.8, 4) is 5.69 Å². The highest BCUT2D eigenvalue weighted by Gasteiger charge is 2.09. The predicted molar refractivity (Wildman–Crippen MR) is 80.5 cm³/mol. The summed E-state index contributed by atoms with van der Waals surface area (Å²) in [5.74, 6) is 1.37. The Balaban J connectivity index is 2.07. The van der Waals surface area contributed by atoms with Gasteiger partial charge in [0, 0.05) is 12.4 Å². The normalized spacial score (nSPS) is 11.2. The van der Waals surface area contributed by atoms with Crippen LogP contribution in [0.25, 0.3) is 5.69 Å². The number of hydrogen-bond acceptors (Lipinski definition) is 5. The van der Waals surface area contributed by atoms with Crippen LogP contribution in [0.1, 0.15) is 32.3 Å². The van der Waals surface area contributed by atoms with Crippen LogP contribution in [0, 0.1) is 0 Å². The highest BCUT2D eigenvalue weighted by molar-refractivity contribution is 7.99. The molecule has 0 fully saturated rings. The summed E-state index contributed by atoms with van der Waals surface area (Å²) in [6, 6.07) is 8.35. The molecule has 0 saturated heterocycles. The second-order valence-electron chi connectivity index (χ2n) is 4.66. The number of aromatic nitrogens is 4. The fourth-order valence-electron chi connectivity index (χ4n) is 1.77. The van der Waals surface area contributed by atoms with E-state index in [2.05, 4.69) is 53.6 Å². The van der Waals surface area contributed by atoms with E-state index in [0.717, 1.165) is 23.2 Å². The molecule has 0 bridgehead atoms. The maximum atomic E-state index is 5.32. The molecule has 0 N–H and O–H groups in total. The van der Waals surface area contributed by atoms with Crippen LogP contribution in [0.15, 0.2) is 29.4 Å². The lowest BCUT2D eigenvalue weighted by Crippen LogP contribution is -2.02. The molecule has 2 aromatic rings. The van der Waals surface area contributed by atoms with E-state index in [1.54, 1.807) is 16.4 Å². The summed E-state index contributed by atoms with van der Waals surface area (Å²) in [6.07, 6.45) is 0. The molecule has 1 heterocycles. The Kier molecular flexibility index (Phi) is 5.55. The molecule has 0 aliphatic carbocycles. The third kappa shape index (κ3) is 3.80. The van der Waals surface area contributed by atoms with Crippen molar-refractivity contribution in [2.75, 3.05) is 19.0 Å². The van der Waals surface area contributed by atoms with Crippen LogP contribution in [0.4, 0.5) is 0 Å². The fraction of sp³-hybridized carbons (Fsp3) is 0.500. The lowest BCUT2D eigenvalue weighted by molar-refractivity contribution is 0.164. The Morgan fingerprint density at radius 3 is 2.65 bits per heavy atom. The average Bonchev–Trinajstić information content (AvgIpc) is 2.92. The van der Waals surface area contributed by atoms with Gasteiger partial charge in [-0.15, -0.1) is 5.10 Å². The van der Waals surface area contributed by atoms with Crippen LogP contribution in [-0.4, -0.2) is 39.2 Å². The van der Waals surface area contributed by atoms with Gasteiger partial charge in [0.05, 0.1) is 12.3 Å². The van der Waals surface area contributed by atoms with Gasteiger partial charge in [0.1, 0.15) is 0 Å². The average molecular weight is 292 g/mol. The minimum atomic E-state index is 0.526. The predicted octanol–water partition coefficient (Wildman–Crippen LogP) is 2.91. The van der Waals surface area contributed by atoms with E-state index < -0.39 is 0 Å². The molecular formula is C14H20N4OS. The van der Waals surface area contributed by atoms with Crippen molar-refractivity contribution in [2.45, 2.75) is 31.8 Å². The minimum Gasteiger partial charge on any atom is -0.381 e. The molecule has 6 heteroatoms. The molecule has 0 spiro atoms. The molecule has 1 aromatic heterocycles. The van der Waals surface area contributed by atoms with Gasteiger partial charge in [0.25, 0.3) is 0 Å². The molecule has 1 aromatic carbocycles. The molecule has 0 saturated carbocycles. The van der Waals surface area contributed by atoms with Gasteiger partial charge in [0.15, 0.2) is 0 Å². The van der Waals surface area contributed by atoms with Gasteiger partial charge in [0.2, 0.25) is 5.16 Å². The molecule has 0 radical (unpaired) electrons. The lowest BCUT2D eigenvalue weighted by atomic mass is 10.0. The summed E-state index contributed by atoms with van der Waals surface area (Å²) < 4.78 is 7.09. The molecule has 20 heavy (non-hydrogen) atoms. The van der Waals surface area contributed by atoms with E-state index in [1.165, 1.54) is 5.56 Å². The van der Waals surface area contributed by atoms with E-state index in [-0.39, 0.29) is 0 Å². The van der Waals surface area contributed by atoms with Gasteiger partial charge in [-0.05, 0) is 41.0 Å². The van der Waals surface area contributed by atoms with E-state index in [1.807, 2.05) is 6.92 Å². The first kappa shape index (κ1) is 15.0. The van der Waals surface area contributed by atoms with Crippen molar-refractivity contribution in [1.29, 1.82) is 0 Å². The zero-order chi connectivity index (χ0) is 14.4. The van der Waals surface area contributed by atoms with Crippen LogP contribution < -0.4 is 0 Å². The maximum absolute atomic E-state index is 5.32. The van der Waals surface area contributed by atoms with Crippen LogP contribution in [0.5, 0.6) is 0 Å². The van der Waals surface area contributed by atoms with Crippen LogP contribution in [-0.2, 0) is 4.74 Å². The van der Waals surface area contributed by atoms with Crippen molar-refractivity contribution in [1.82, 2.24) is 20.2 Å². The van der Waals surface area contributed by atoms with Gasteiger partial charge in [-0.3, -0.25) is 0 Å². The van der Waals surface area contributed by atoms with Gasteiger partial charge in [-0.25, -0.2) is 0 Å². The van der Waals surface area contributed by atoms with E-state index in [9.17, 15) is 0 Å². The summed E-state index contributed by atoms with van der Waals surface area (Å²) in [5.41, 5.74) is 2.30. The molecular weight excluding hydrogens is 272 g/mol. The monoisotopic (exact) mass is 292 g/mol. The van der Waals surface area contributed by atoms with Crippen molar-refractivity contribution in [3.63, 3.8) is 0 Å². The van der Waals surface area contributed by atoms with Crippen LogP contribution >= 0.6 is 11.8 Å². The number of thioether (sulfide) groups is 1. The highest BCUT2D eigenvalue weighted by Crippen LogP contribution is 2.20. The van der Waals surface area contributed by atoms with Gasteiger partial charge >= 0.3 is 0 Å². The Morgan fingerprint density at radius 2 is 2.00 bits per heavy atom. The number of tetrazole rings is 1. The Morgan fingerprint density at radius 1 is 1.25 bits per heavy atom. The standard InChI is InChI=1S/C14H20N4OS/c1-4-19-9-10-20-14-15-16-17-18(14)13-7-5-12(6-8-13)11(2)3/h5-8,11H,4,9-10H2,1-3H3. The maximum Gasteiger partial charge on any atom is 0.214 e. The lowest BCUT2D eigenvalue weighted by Gasteiger charge is -2.07. The number of rotatable bonds is 7. The molecule has 0 aliphatic heterocycles. The number of nitrogens with zero attached hydrogens (tertiary/aromatic N) is 4. The topological polar surface area (TPSA) is 52.8 Å². The third-order valence-electron chi connectivity index (χ3n) is 2.91. The molecule has 0 amide bonds. The van der Waals surface area contributed by atoms with Crippen molar-refractivity contribution >= 4 is 11.8 Å². The second-order valence-corrected chi connectivity index (χ2v) is 5.73. The molecule has 0 atom stereocenters. The Labute approximate surface area is 123 Å². The van der Waals surface area contributed by atoms with Crippen molar-refractivity contribution in [2.24, 2.45) is 0 Å². The summed E-state index contributed by atoms with van der Waals surface area (Å²) in [7, 11) is 0. The SMILES string of the molecule is CCOCCSc1nnnn1-c1ccc(C(C)C)cc1. The molecule has 0 unspecified atom stereocenters. The van der Waals surface area contributed by atoms with Crippen LogP contribution in [0.2, 0.25) is 0 Å². The third-order valence-corrected chi connectivity index (χ3v) is 3.79. The zero-order valence-corrected chi connectivity index (χ0v) is 12.9. The molecule has 2 rings (SSSR count). The molecule has 108 valence electrons. The minimum absolute atomic E-state index is 0.526.